The third-order valence-corrected chi connectivity index (χ3v) is 5.23. The quantitative estimate of drug-likeness (QED) is 0.782. The Labute approximate surface area is 121 Å². The van der Waals surface area contributed by atoms with Crippen molar-refractivity contribution in [2.75, 3.05) is 13.1 Å². The minimum Gasteiger partial charge on any atom is -0.207 e. The van der Waals surface area contributed by atoms with Crippen LogP contribution in [0.5, 0.6) is 0 Å². The fourth-order valence-corrected chi connectivity index (χ4v) is 3.64. The zero-order valence-electron chi connectivity index (χ0n) is 10.0. The molecular formula is C11H11Cl2FN2O2S. The number of nitriles is 1. The van der Waals surface area contributed by atoms with Crippen molar-refractivity contribution in [2.45, 2.75) is 18.2 Å². The standard InChI is InChI=1S/C11H11Cl2FN2O2S/c1-2-16(7-3-6-15)19(17,18)9-5-4-8(12)11(14)10(9)13/h4-5H,2-3,7H2,1H3. The van der Waals surface area contributed by atoms with Gasteiger partial charge in [-0.15, -0.1) is 0 Å². The van der Waals surface area contributed by atoms with E-state index in [9.17, 15) is 12.8 Å². The fourth-order valence-electron chi connectivity index (χ4n) is 1.47. The van der Waals surface area contributed by atoms with Gasteiger partial charge in [0.05, 0.1) is 16.1 Å². The highest BCUT2D eigenvalue weighted by molar-refractivity contribution is 7.89. The summed E-state index contributed by atoms with van der Waals surface area (Å²) >= 11 is 11.2. The van der Waals surface area contributed by atoms with Gasteiger partial charge in [0, 0.05) is 19.5 Å². The Kier molecular flexibility index (Phi) is 5.56. The van der Waals surface area contributed by atoms with Crippen LogP contribution in [0.3, 0.4) is 0 Å². The van der Waals surface area contributed by atoms with Crippen LogP contribution in [0.4, 0.5) is 4.39 Å². The third kappa shape index (κ3) is 3.37. The van der Waals surface area contributed by atoms with Gasteiger partial charge in [-0.2, -0.15) is 9.57 Å². The summed E-state index contributed by atoms with van der Waals surface area (Å²) < 4.78 is 39.2. The maximum atomic E-state index is 13.5. The van der Waals surface area contributed by atoms with Crippen LogP contribution in [0.25, 0.3) is 0 Å². The summed E-state index contributed by atoms with van der Waals surface area (Å²) in [5, 5.41) is 7.72. The predicted molar refractivity (Wildman–Crippen MR) is 71.1 cm³/mol. The molecule has 1 aromatic rings. The first-order valence-electron chi connectivity index (χ1n) is 5.36. The lowest BCUT2D eigenvalue weighted by atomic mass is 10.3. The summed E-state index contributed by atoms with van der Waals surface area (Å²) in [6, 6.07) is 4.14. The van der Waals surface area contributed by atoms with E-state index in [0.717, 1.165) is 16.4 Å². The Balaban J connectivity index is 3.27. The number of rotatable bonds is 5. The molecule has 8 heteroatoms. The van der Waals surface area contributed by atoms with Crippen molar-refractivity contribution in [1.82, 2.24) is 4.31 Å². The summed E-state index contributed by atoms with van der Waals surface area (Å²) in [5.74, 6) is -0.972. The fraction of sp³-hybridized carbons (Fsp3) is 0.364. The van der Waals surface area contributed by atoms with Crippen molar-refractivity contribution >= 4 is 33.2 Å². The van der Waals surface area contributed by atoms with Crippen LogP contribution < -0.4 is 0 Å². The van der Waals surface area contributed by atoms with Gasteiger partial charge < -0.3 is 0 Å². The van der Waals surface area contributed by atoms with Gasteiger partial charge in [-0.05, 0) is 12.1 Å². The molecule has 4 nitrogen and oxygen atoms in total. The average molecular weight is 325 g/mol. The molecule has 0 aliphatic rings. The highest BCUT2D eigenvalue weighted by Crippen LogP contribution is 2.31. The number of nitrogens with zero attached hydrogens (tertiary/aromatic N) is 2. The maximum Gasteiger partial charge on any atom is 0.244 e. The minimum absolute atomic E-state index is 0.0237. The second kappa shape index (κ2) is 6.53. The second-order valence-electron chi connectivity index (χ2n) is 3.58. The molecular weight excluding hydrogens is 314 g/mol. The van der Waals surface area contributed by atoms with E-state index in [4.69, 9.17) is 28.5 Å². The molecule has 0 saturated heterocycles. The van der Waals surface area contributed by atoms with Gasteiger partial charge in [-0.25, -0.2) is 12.8 Å². The molecule has 0 saturated carbocycles. The lowest BCUT2D eigenvalue weighted by Crippen LogP contribution is -2.32. The molecule has 1 aromatic carbocycles. The van der Waals surface area contributed by atoms with E-state index < -0.39 is 20.9 Å². The van der Waals surface area contributed by atoms with Gasteiger partial charge in [-0.1, -0.05) is 30.1 Å². The topological polar surface area (TPSA) is 61.2 Å². The predicted octanol–water partition coefficient (Wildman–Crippen LogP) is 3.06. The van der Waals surface area contributed by atoms with Crippen LogP contribution in [0.15, 0.2) is 17.0 Å². The molecule has 104 valence electrons. The van der Waals surface area contributed by atoms with Crippen LogP contribution >= 0.6 is 23.2 Å². The third-order valence-electron chi connectivity index (χ3n) is 2.44. The maximum absolute atomic E-state index is 13.5. The number of hydrogen-bond acceptors (Lipinski definition) is 3. The highest BCUT2D eigenvalue weighted by atomic mass is 35.5. The van der Waals surface area contributed by atoms with Crippen molar-refractivity contribution in [1.29, 1.82) is 5.26 Å². The van der Waals surface area contributed by atoms with Gasteiger partial charge in [0.1, 0.15) is 4.90 Å². The molecule has 0 fully saturated rings. The van der Waals surface area contributed by atoms with Crippen molar-refractivity contribution in [2.24, 2.45) is 0 Å². The van der Waals surface area contributed by atoms with E-state index in [1.54, 1.807) is 6.92 Å². The van der Waals surface area contributed by atoms with Crippen LogP contribution in [0.2, 0.25) is 10.0 Å². The molecule has 0 heterocycles. The van der Waals surface area contributed by atoms with E-state index in [2.05, 4.69) is 0 Å². The van der Waals surface area contributed by atoms with Gasteiger partial charge >= 0.3 is 0 Å². The average Bonchev–Trinajstić information content (AvgIpc) is 2.36. The van der Waals surface area contributed by atoms with Crippen molar-refractivity contribution < 1.29 is 12.8 Å². The molecule has 0 atom stereocenters. The van der Waals surface area contributed by atoms with Crippen LogP contribution in [0.1, 0.15) is 13.3 Å². The number of hydrogen-bond donors (Lipinski definition) is 0. The summed E-state index contributed by atoms with van der Waals surface area (Å²) in [4.78, 5) is -0.351. The summed E-state index contributed by atoms with van der Waals surface area (Å²) in [6.45, 7) is 1.80. The first kappa shape index (κ1) is 16.2. The SMILES string of the molecule is CCN(CCC#N)S(=O)(=O)c1ccc(Cl)c(F)c1Cl. The summed E-state index contributed by atoms with van der Waals surface area (Å²) in [6.07, 6.45) is 0.0424. The Hall–Kier alpha value is -0.870. The van der Waals surface area contributed by atoms with Gasteiger partial charge in [0.2, 0.25) is 10.0 Å². The number of benzene rings is 1. The van der Waals surface area contributed by atoms with Crippen molar-refractivity contribution in [3.05, 3.63) is 28.0 Å². The molecule has 19 heavy (non-hydrogen) atoms. The van der Waals surface area contributed by atoms with E-state index in [1.165, 1.54) is 0 Å². The largest absolute Gasteiger partial charge is 0.244 e. The normalized spacial score (nSPS) is 11.6. The molecule has 0 N–H and O–H groups in total. The van der Waals surface area contributed by atoms with E-state index >= 15 is 0 Å². The molecule has 0 aliphatic carbocycles. The molecule has 0 unspecified atom stereocenters. The Bertz CT molecular complexity index is 614. The van der Waals surface area contributed by atoms with E-state index in [0.29, 0.717) is 0 Å². The smallest absolute Gasteiger partial charge is 0.207 e. The Morgan fingerprint density at radius 1 is 1.42 bits per heavy atom. The van der Waals surface area contributed by atoms with Crippen molar-refractivity contribution in [3.63, 3.8) is 0 Å². The van der Waals surface area contributed by atoms with Gasteiger partial charge in [0.15, 0.2) is 5.82 Å². The molecule has 0 spiro atoms. The Morgan fingerprint density at radius 3 is 2.58 bits per heavy atom. The summed E-state index contributed by atoms with van der Waals surface area (Å²) in [7, 11) is -3.94. The minimum atomic E-state index is -3.94. The molecule has 0 amide bonds. The Morgan fingerprint density at radius 2 is 2.05 bits per heavy atom. The zero-order valence-corrected chi connectivity index (χ0v) is 12.4. The van der Waals surface area contributed by atoms with Gasteiger partial charge in [-0.3, -0.25) is 0 Å². The molecule has 0 aromatic heterocycles. The number of sulfonamides is 1. The molecule has 1 rings (SSSR count). The van der Waals surface area contributed by atoms with E-state index in [-0.39, 0.29) is 29.4 Å². The van der Waals surface area contributed by atoms with Gasteiger partial charge in [0.25, 0.3) is 0 Å². The first-order chi connectivity index (χ1) is 8.86. The first-order valence-corrected chi connectivity index (χ1v) is 7.56. The van der Waals surface area contributed by atoms with Crippen molar-refractivity contribution in [3.8, 4) is 6.07 Å². The van der Waals surface area contributed by atoms with Crippen LogP contribution in [-0.2, 0) is 10.0 Å². The molecule has 0 aliphatic heterocycles. The molecule has 0 bridgehead atoms. The zero-order chi connectivity index (χ0) is 14.6. The molecule has 0 radical (unpaired) electrons. The van der Waals surface area contributed by atoms with Crippen LogP contribution in [0, 0.1) is 17.1 Å². The number of halogens is 3. The second-order valence-corrected chi connectivity index (χ2v) is 6.27. The lowest BCUT2D eigenvalue weighted by Gasteiger charge is -2.20. The lowest BCUT2D eigenvalue weighted by molar-refractivity contribution is 0.434. The van der Waals surface area contributed by atoms with Crippen LogP contribution in [-0.4, -0.2) is 25.8 Å². The van der Waals surface area contributed by atoms with E-state index in [1.807, 2.05) is 6.07 Å². The monoisotopic (exact) mass is 324 g/mol. The highest BCUT2D eigenvalue weighted by Gasteiger charge is 2.27. The summed E-state index contributed by atoms with van der Waals surface area (Å²) in [5.41, 5.74) is 0.